The monoisotopic (exact) mass is 514 g/mol. The molecule has 8 heteroatoms. The van der Waals surface area contributed by atoms with Crippen LogP contribution < -0.4 is 0 Å². The van der Waals surface area contributed by atoms with Crippen molar-refractivity contribution in [3.8, 4) is 0 Å². The Balaban J connectivity index is 2.92. The third kappa shape index (κ3) is 10.2. The van der Waals surface area contributed by atoms with Crippen LogP contribution >= 0.6 is 0 Å². The number of hydrogen-bond acceptors (Lipinski definition) is 6. The zero-order valence-electron chi connectivity index (χ0n) is 22.9. The molecule has 0 radical (unpaired) electrons. The Bertz CT molecular complexity index is 730. The third-order valence-corrected chi connectivity index (χ3v) is 12.2. The molecule has 0 N–H and O–H groups in total. The van der Waals surface area contributed by atoms with Crippen LogP contribution in [0.3, 0.4) is 0 Å². The number of unbranched alkanes of at least 4 members (excludes halogenated alkanes) is 2. The first-order chi connectivity index (χ1) is 16.2. The van der Waals surface area contributed by atoms with E-state index in [2.05, 4.69) is 45.5 Å². The smallest absolute Gasteiger partial charge is 0.305 e. The number of rotatable bonds is 16. The number of alkyl halides is 1. The second-order valence-electron chi connectivity index (χ2n) is 11.5. The Morgan fingerprint density at radius 2 is 1.74 bits per heavy atom. The molecule has 1 saturated carbocycles. The van der Waals surface area contributed by atoms with Gasteiger partial charge < -0.3 is 9.16 Å². The van der Waals surface area contributed by atoms with E-state index in [1.807, 2.05) is 0 Å². The summed E-state index contributed by atoms with van der Waals surface area (Å²) in [6.45, 7) is 12.7. The summed E-state index contributed by atoms with van der Waals surface area (Å²) < 4.78 is 25.7. The summed E-state index contributed by atoms with van der Waals surface area (Å²) in [5.41, 5.74) is 0. The van der Waals surface area contributed by atoms with Gasteiger partial charge in [0.1, 0.15) is 11.6 Å². The SMILES string of the molecule is CCCCCC(=O)CC[C@H]1[C@H](O[Si](C)(C)C(C)(C)C)CC(=O)[C@@H]1CC(=O)C(F)CCCC(=O)OC. The molecule has 0 bridgehead atoms. The maximum absolute atomic E-state index is 14.6. The van der Waals surface area contributed by atoms with Crippen LogP contribution in [0.15, 0.2) is 0 Å². The van der Waals surface area contributed by atoms with Gasteiger partial charge in [-0.2, -0.15) is 0 Å². The van der Waals surface area contributed by atoms with Gasteiger partial charge in [-0.15, -0.1) is 0 Å². The van der Waals surface area contributed by atoms with Crippen molar-refractivity contribution in [1.29, 1.82) is 0 Å². The molecule has 1 unspecified atom stereocenters. The van der Waals surface area contributed by atoms with Crippen molar-refractivity contribution in [3.63, 3.8) is 0 Å². The highest BCUT2D eigenvalue weighted by atomic mass is 28.4. The first-order valence-corrected chi connectivity index (χ1v) is 16.1. The van der Waals surface area contributed by atoms with E-state index in [0.29, 0.717) is 19.3 Å². The molecular formula is C27H47FO6Si. The van der Waals surface area contributed by atoms with Crippen LogP contribution in [0.2, 0.25) is 18.1 Å². The van der Waals surface area contributed by atoms with Gasteiger partial charge in [0.05, 0.1) is 13.2 Å². The number of hydrogen-bond donors (Lipinski definition) is 0. The molecule has 202 valence electrons. The maximum atomic E-state index is 14.6. The van der Waals surface area contributed by atoms with Gasteiger partial charge in [0, 0.05) is 38.0 Å². The summed E-state index contributed by atoms with van der Waals surface area (Å²) in [5, 5.41) is -0.0475. The van der Waals surface area contributed by atoms with Gasteiger partial charge in [0.15, 0.2) is 20.3 Å². The van der Waals surface area contributed by atoms with E-state index >= 15 is 0 Å². The van der Waals surface area contributed by atoms with Crippen molar-refractivity contribution in [1.82, 2.24) is 0 Å². The highest BCUT2D eigenvalue weighted by Crippen LogP contribution is 2.44. The fourth-order valence-electron chi connectivity index (χ4n) is 4.39. The molecule has 35 heavy (non-hydrogen) atoms. The van der Waals surface area contributed by atoms with E-state index in [9.17, 15) is 23.6 Å². The average Bonchev–Trinajstić information content (AvgIpc) is 3.04. The predicted molar refractivity (Wildman–Crippen MR) is 137 cm³/mol. The summed E-state index contributed by atoms with van der Waals surface area (Å²) >= 11 is 0. The van der Waals surface area contributed by atoms with Gasteiger partial charge in [-0.25, -0.2) is 4.39 Å². The highest BCUT2D eigenvalue weighted by Gasteiger charge is 2.48. The van der Waals surface area contributed by atoms with E-state index in [0.717, 1.165) is 19.3 Å². The molecule has 0 saturated heterocycles. The van der Waals surface area contributed by atoms with Crippen molar-refractivity contribution in [2.24, 2.45) is 11.8 Å². The van der Waals surface area contributed by atoms with Crippen molar-refractivity contribution in [3.05, 3.63) is 0 Å². The van der Waals surface area contributed by atoms with Gasteiger partial charge in [0.2, 0.25) is 0 Å². The number of methoxy groups -OCH3 is 1. The molecule has 6 nitrogen and oxygen atoms in total. The predicted octanol–water partition coefficient (Wildman–Crippen LogP) is 6.15. The van der Waals surface area contributed by atoms with Crippen LogP contribution in [0.4, 0.5) is 4.39 Å². The molecule has 1 fully saturated rings. The van der Waals surface area contributed by atoms with E-state index in [-0.39, 0.29) is 60.7 Å². The number of carbonyl (C=O) groups is 4. The molecule has 1 rings (SSSR count). The van der Waals surface area contributed by atoms with E-state index in [4.69, 9.17) is 4.43 Å². The number of Topliss-reactive ketones (excluding diaryl/α,β-unsaturated/α-hetero) is 3. The molecular weight excluding hydrogens is 467 g/mol. The summed E-state index contributed by atoms with van der Waals surface area (Å²) in [4.78, 5) is 49.4. The second kappa shape index (κ2) is 14.4. The zero-order valence-corrected chi connectivity index (χ0v) is 23.9. The van der Waals surface area contributed by atoms with Crippen LogP contribution in [0, 0.1) is 11.8 Å². The Labute approximate surface area is 212 Å². The van der Waals surface area contributed by atoms with Gasteiger partial charge in [0.25, 0.3) is 0 Å². The lowest BCUT2D eigenvalue weighted by atomic mass is 9.84. The summed E-state index contributed by atoms with van der Waals surface area (Å²) in [7, 11) is -0.920. The maximum Gasteiger partial charge on any atom is 0.305 e. The van der Waals surface area contributed by atoms with Crippen LogP contribution in [0.1, 0.15) is 98.3 Å². The molecule has 0 aromatic rings. The summed E-state index contributed by atoms with van der Waals surface area (Å²) in [6, 6.07) is 0. The van der Waals surface area contributed by atoms with E-state index in [1.165, 1.54) is 7.11 Å². The largest absolute Gasteiger partial charge is 0.469 e. The molecule has 0 aromatic carbocycles. The molecule has 4 atom stereocenters. The molecule has 0 amide bonds. The lowest BCUT2D eigenvalue weighted by molar-refractivity contribution is -0.141. The van der Waals surface area contributed by atoms with Gasteiger partial charge in [-0.3, -0.25) is 19.2 Å². The lowest BCUT2D eigenvalue weighted by Crippen LogP contribution is -2.45. The van der Waals surface area contributed by atoms with E-state index in [1.54, 1.807) is 0 Å². The number of ketones is 3. The minimum absolute atomic E-state index is 0.0475. The topological polar surface area (TPSA) is 86.7 Å². The highest BCUT2D eigenvalue weighted by molar-refractivity contribution is 6.74. The fourth-order valence-corrected chi connectivity index (χ4v) is 5.76. The lowest BCUT2D eigenvalue weighted by Gasteiger charge is -2.40. The Morgan fingerprint density at radius 1 is 1.09 bits per heavy atom. The first-order valence-electron chi connectivity index (χ1n) is 13.2. The number of esters is 1. The summed E-state index contributed by atoms with van der Waals surface area (Å²) in [5.74, 6) is -1.85. The van der Waals surface area contributed by atoms with Crippen LogP contribution in [-0.2, 0) is 28.3 Å². The molecule has 0 heterocycles. The molecule has 0 aromatic heterocycles. The first kappa shape index (κ1) is 31.6. The molecule has 1 aliphatic carbocycles. The Morgan fingerprint density at radius 3 is 2.31 bits per heavy atom. The number of ether oxygens (including phenoxy) is 1. The number of halogens is 1. The summed E-state index contributed by atoms with van der Waals surface area (Å²) in [6.07, 6.45) is 2.43. The van der Waals surface area contributed by atoms with E-state index < -0.39 is 32.2 Å². The van der Waals surface area contributed by atoms with Crippen LogP contribution in [-0.4, -0.2) is 51.0 Å². The van der Waals surface area contributed by atoms with Gasteiger partial charge >= 0.3 is 5.97 Å². The van der Waals surface area contributed by atoms with Crippen molar-refractivity contribution >= 4 is 31.6 Å². The Kier molecular flexibility index (Phi) is 13.0. The minimum atomic E-state index is -2.19. The number of carbonyl (C=O) groups excluding carboxylic acids is 4. The third-order valence-electron chi connectivity index (χ3n) is 7.71. The zero-order chi connectivity index (χ0) is 26.8. The normalized spacial score (nSPS) is 21.7. The van der Waals surface area contributed by atoms with Crippen molar-refractivity contribution in [2.45, 2.75) is 129 Å². The fraction of sp³-hybridized carbons (Fsp3) is 0.852. The van der Waals surface area contributed by atoms with Crippen LogP contribution in [0.5, 0.6) is 0 Å². The van der Waals surface area contributed by atoms with Gasteiger partial charge in [-0.1, -0.05) is 40.5 Å². The van der Waals surface area contributed by atoms with Gasteiger partial charge in [-0.05, 0) is 49.7 Å². The molecule has 1 aliphatic rings. The average molecular weight is 515 g/mol. The van der Waals surface area contributed by atoms with Crippen molar-refractivity contribution in [2.75, 3.05) is 7.11 Å². The quantitative estimate of drug-likeness (QED) is 0.139. The Hall–Kier alpha value is -1.41. The van der Waals surface area contributed by atoms with Crippen molar-refractivity contribution < 1.29 is 32.7 Å². The standard InChI is InChI=1S/C27H47FO6Si/c1-8-9-10-12-19(29)15-16-20-21(17-24(31)22(28)13-11-14-26(32)33-5)23(30)18-25(20)34-35(6,7)27(2,3)4/h20-22,25H,8-18H2,1-7H3/t20-,21-,22?,25-/m1/s1. The molecule has 0 aliphatic heterocycles. The molecule has 0 spiro atoms. The minimum Gasteiger partial charge on any atom is -0.469 e. The van der Waals surface area contributed by atoms with Crippen LogP contribution in [0.25, 0.3) is 0 Å². The second-order valence-corrected chi connectivity index (χ2v) is 16.3.